The largest absolute Gasteiger partial charge is 0.480 e. The highest BCUT2D eigenvalue weighted by molar-refractivity contribution is 5.78. The molecule has 0 spiro atoms. The Hall–Kier alpha value is -1.16. The number of hydrogen-bond donors (Lipinski definition) is 2. The van der Waals surface area contributed by atoms with Gasteiger partial charge < -0.3 is 10.8 Å². The van der Waals surface area contributed by atoms with Crippen molar-refractivity contribution in [3.8, 4) is 0 Å². The Morgan fingerprint density at radius 3 is 1.89 bits per heavy atom. The lowest BCUT2D eigenvalue weighted by molar-refractivity contribution is -0.139. The highest BCUT2D eigenvalue weighted by Gasteiger charge is 2.17. The second kappa shape index (κ2) is 19.2. The van der Waals surface area contributed by atoms with Gasteiger partial charge in [-0.1, -0.05) is 77.4 Å². The normalized spacial score (nSPS) is 13.7. The van der Waals surface area contributed by atoms with Crippen LogP contribution < -0.4 is 5.73 Å². The standard InChI is InChI=1S/C24H45NO3/c1-3-4-5-6-7-8-9-10-11-12-13-14-15-16-17-18-22(26)19-21(2)20-23(25)24(27)28/h10-11,21,23H,3-9,12-20,25H2,1-2H3,(H,27,28)/t21?,23-/m0/s1. The van der Waals surface area contributed by atoms with Gasteiger partial charge in [0.05, 0.1) is 0 Å². The Kier molecular flexibility index (Phi) is 18.4. The number of unbranched alkanes of at least 4 members (excludes halogenated alkanes) is 11. The number of carboxylic acid groups (broad SMARTS) is 1. The molecule has 0 fully saturated rings. The molecule has 28 heavy (non-hydrogen) atoms. The molecule has 4 nitrogen and oxygen atoms in total. The number of ketones is 1. The zero-order valence-electron chi connectivity index (χ0n) is 18.5. The van der Waals surface area contributed by atoms with Crippen LogP contribution in [0.1, 0.15) is 117 Å². The smallest absolute Gasteiger partial charge is 0.320 e. The van der Waals surface area contributed by atoms with Gasteiger partial charge in [-0.2, -0.15) is 0 Å². The Morgan fingerprint density at radius 2 is 1.36 bits per heavy atom. The topological polar surface area (TPSA) is 80.4 Å². The van der Waals surface area contributed by atoms with E-state index < -0.39 is 12.0 Å². The molecule has 0 rings (SSSR count). The van der Waals surface area contributed by atoms with Crippen molar-refractivity contribution in [2.75, 3.05) is 0 Å². The van der Waals surface area contributed by atoms with Crippen LogP contribution in [0.25, 0.3) is 0 Å². The van der Waals surface area contributed by atoms with Crippen molar-refractivity contribution < 1.29 is 14.7 Å². The number of carbonyl (C=O) groups is 2. The van der Waals surface area contributed by atoms with Crippen molar-refractivity contribution in [1.82, 2.24) is 0 Å². The molecule has 0 saturated heterocycles. The molecule has 2 atom stereocenters. The predicted molar refractivity (Wildman–Crippen MR) is 118 cm³/mol. The first kappa shape index (κ1) is 26.8. The molecule has 0 radical (unpaired) electrons. The molecule has 0 aromatic rings. The van der Waals surface area contributed by atoms with E-state index in [0.717, 1.165) is 12.8 Å². The van der Waals surface area contributed by atoms with Gasteiger partial charge in [0.15, 0.2) is 0 Å². The maximum atomic E-state index is 11.9. The summed E-state index contributed by atoms with van der Waals surface area (Å²) in [5.74, 6) is -0.707. The molecule has 4 heteroatoms. The van der Waals surface area contributed by atoms with Gasteiger partial charge in [-0.05, 0) is 44.4 Å². The minimum atomic E-state index is -0.989. The third kappa shape index (κ3) is 18.2. The first-order valence-corrected chi connectivity index (χ1v) is 11.6. The molecule has 0 aromatic heterocycles. The van der Waals surface area contributed by atoms with E-state index in [-0.39, 0.29) is 11.7 Å². The number of rotatable bonds is 20. The van der Waals surface area contributed by atoms with Crippen LogP contribution in [0.4, 0.5) is 0 Å². The van der Waals surface area contributed by atoms with Gasteiger partial charge in [0.25, 0.3) is 0 Å². The Balaban J connectivity index is 3.41. The monoisotopic (exact) mass is 395 g/mol. The number of nitrogens with two attached hydrogens (primary N) is 1. The molecule has 0 amide bonds. The van der Waals surface area contributed by atoms with Crippen LogP contribution in [0.3, 0.4) is 0 Å². The van der Waals surface area contributed by atoms with Crippen LogP contribution in [-0.4, -0.2) is 22.9 Å². The van der Waals surface area contributed by atoms with Crippen molar-refractivity contribution in [3.63, 3.8) is 0 Å². The summed E-state index contributed by atoms with van der Waals surface area (Å²) < 4.78 is 0. The van der Waals surface area contributed by atoms with Crippen molar-refractivity contribution in [3.05, 3.63) is 12.2 Å². The molecule has 3 N–H and O–H groups in total. The summed E-state index contributed by atoms with van der Waals surface area (Å²) in [4.78, 5) is 22.7. The number of hydrogen-bond acceptors (Lipinski definition) is 3. The summed E-state index contributed by atoms with van der Waals surface area (Å²) in [5.41, 5.74) is 5.51. The fraction of sp³-hybridized carbons (Fsp3) is 0.833. The molecule has 0 aliphatic rings. The number of aliphatic carboxylic acids is 1. The van der Waals surface area contributed by atoms with Crippen molar-refractivity contribution in [2.45, 2.75) is 123 Å². The fourth-order valence-corrected chi connectivity index (χ4v) is 3.50. The van der Waals surface area contributed by atoms with Crippen LogP contribution in [0.5, 0.6) is 0 Å². The number of Topliss-reactive ketones (excluding diaryl/α,β-unsaturated/α-hetero) is 1. The molecular weight excluding hydrogens is 350 g/mol. The van der Waals surface area contributed by atoms with E-state index in [2.05, 4.69) is 19.1 Å². The quantitative estimate of drug-likeness (QED) is 0.184. The predicted octanol–water partition coefficient (Wildman–Crippen LogP) is 6.42. The zero-order valence-corrected chi connectivity index (χ0v) is 18.5. The second-order valence-corrected chi connectivity index (χ2v) is 8.36. The van der Waals surface area contributed by atoms with E-state index >= 15 is 0 Å². The second-order valence-electron chi connectivity index (χ2n) is 8.36. The summed E-state index contributed by atoms with van der Waals surface area (Å²) >= 11 is 0. The fourth-order valence-electron chi connectivity index (χ4n) is 3.50. The highest BCUT2D eigenvalue weighted by Crippen LogP contribution is 2.14. The zero-order chi connectivity index (χ0) is 21.0. The minimum Gasteiger partial charge on any atom is -0.480 e. The summed E-state index contributed by atoms with van der Waals surface area (Å²) in [6.45, 7) is 4.16. The van der Waals surface area contributed by atoms with Crippen LogP contribution >= 0.6 is 0 Å². The maximum absolute atomic E-state index is 11.9. The molecule has 1 unspecified atom stereocenters. The Labute approximate surface area is 173 Å². The average molecular weight is 396 g/mol. The first-order chi connectivity index (χ1) is 13.5. The van der Waals surface area contributed by atoms with Gasteiger partial charge in [0.2, 0.25) is 0 Å². The van der Waals surface area contributed by atoms with Gasteiger partial charge in [-0.15, -0.1) is 0 Å². The van der Waals surface area contributed by atoms with Crippen LogP contribution in [0, 0.1) is 5.92 Å². The molecule has 0 aliphatic heterocycles. The van der Waals surface area contributed by atoms with Crippen molar-refractivity contribution >= 4 is 11.8 Å². The summed E-state index contributed by atoms with van der Waals surface area (Å²) in [5, 5.41) is 8.80. The van der Waals surface area contributed by atoms with E-state index in [1.165, 1.54) is 70.6 Å². The van der Waals surface area contributed by atoms with Crippen molar-refractivity contribution in [1.29, 1.82) is 0 Å². The summed E-state index contributed by atoms with van der Waals surface area (Å²) in [7, 11) is 0. The van der Waals surface area contributed by atoms with Gasteiger partial charge in [-0.25, -0.2) is 0 Å². The van der Waals surface area contributed by atoms with Gasteiger partial charge in [0, 0.05) is 12.8 Å². The lowest BCUT2D eigenvalue weighted by Crippen LogP contribution is -2.32. The van der Waals surface area contributed by atoms with Crippen LogP contribution in [-0.2, 0) is 9.59 Å². The highest BCUT2D eigenvalue weighted by atomic mass is 16.4. The van der Waals surface area contributed by atoms with E-state index in [1.54, 1.807) is 0 Å². The third-order valence-corrected chi connectivity index (χ3v) is 5.27. The maximum Gasteiger partial charge on any atom is 0.320 e. The lowest BCUT2D eigenvalue weighted by atomic mass is 9.94. The van der Waals surface area contributed by atoms with Crippen LogP contribution in [0.2, 0.25) is 0 Å². The molecule has 0 heterocycles. The summed E-state index contributed by atoms with van der Waals surface area (Å²) in [6, 6.07) is -0.859. The minimum absolute atomic E-state index is 0.0433. The Morgan fingerprint density at radius 1 is 0.857 bits per heavy atom. The third-order valence-electron chi connectivity index (χ3n) is 5.27. The first-order valence-electron chi connectivity index (χ1n) is 11.6. The summed E-state index contributed by atoms with van der Waals surface area (Å²) in [6.07, 6.45) is 22.4. The van der Waals surface area contributed by atoms with E-state index in [4.69, 9.17) is 10.8 Å². The molecule has 0 saturated carbocycles. The number of allylic oxidation sites excluding steroid dienone is 2. The van der Waals surface area contributed by atoms with Gasteiger partial charge >= 0.3 is 5.97 Å². The SMILES string of the molecule is CCCCCCCCC=CCCCCCCCC(=O)CC(C)C[C@H](N)C(=O)O. The molecule has 0 bridgehead atoms. The molecule has 0 aliphatic carbocycles. The van der Waals surface area contributed by atoms with Crippen LogP contribution in [0.15, 0.2) is 12.2 Å². The molecule has 0 aromatic carbocycles. The number of carboxylic acids is 1. The lowest BCUT2D eigenvalue weighted by Gasteiger charge is -2.13. The van der Waals surface area contributed by atoms with E-state index in [9.17, 15) is 9.59 Å². The van der Waals surface area contributed by atoms with Crippen molar-refractivity contribution in [2.24, 2.45) is 11.7 Å². The van der Waals surface area contributed by atoms with E-state index in [1.807, 2.05) is 6.92 Å². The van der Waals surface area contributed by atoms with E-state index in [0.29, 0.717) is 19.3 Å². The van der Waals surface area contributed by atoms with Gasteiger partial charge in [-0.3, -0.25) is 9.59 Å². The Bertz CT molecular complexity index is 420. The molecule has 164 valence electrons. The molecular formula is C24H45NO3. The number of carbonyl (C=O) groups excluding carboxylic acids is 1. The average Bonchev–Trinajstić information content (AvgIpc) is 2.64. The van der Waals surface area contributed by atoms with Gasteiger partial charge in [0.1, 0.15) is 11.8 Å².